The maximum Gasteiger partial charge on any atom is 0.419 e. The van der Waals surface area contributed by atoms with Crippen molar-refractivity contribution in [2.24, 2.45) is 0 Å². The first kappa shape index (κ1) is 26.6. The van der Waals surface area contributed by atoms with Crippen molar-refractivity contribution in [1.82, 2.24) is 0 Å². The molecule has 0 aliphatic rings. The van der Waals surface area contributed by atoms with Gasteiger partial charge in [-0.2, -0.15) is 13.2 Å². The van der Waals surface area contributed by atoms with Crippen LogP contribution in [-0.2, 0) is 6.18 Å². The molecule has 0 aliphatic carbocycles. The fraction of sp³-hybridized carbons (Fsp3) is 0.0714. The van der Waals surface area contributed by atoms with Crippen LogP contribution in [0.2, 0.25) is 5.02 Å². The summed E-state index contributed by atoms with van der Waals surface area (Å²) in [6.45, 7) is 1.86. The van der Waals surface area contributed by atoms with E-state index in [4.69, 9.17) is 16.3 Å². The van der Waals surface area contributed by atoms with Crippen molar-refractivity contribution in [2.75, 3.05) is 10.6 Å². The van der Waals surface area contributed by atoms with Gasteiger partial charge in [0, 0.05) is 5.69 Å². The van der Waals surface area contributed by atoms with Crippen molar-refractivity contribution < 1.29 is 32.6 Å². The molecule has 2 amide bonds. The summed E-state index contributed by atoms with van der Waals surface area (Å²) in [6, 6.07) is 19.9. The van der Waals surface area contributed by atoms with Gasteiger partial charge in [0.05, 0.1) is 21.8 Å². The molecule has 10 heteroatoms. The molecule has 6 nitrogen and oxygen atoms in total. The number of carboxylic acid groups (broad SMARTS) is 1. The summed E-state index contributed by atoms with van der Waals surface area (Å²) >= 11 is 6.11. The van der Waals surface area contributed by atoms with Gasteiger partial charge < -0.3 is 20.5 Å². The monoisotopic (exact) mass is 540 g/mol. The smallest absolute Gasteiger partial charge is 0.419 e. The van der Waals surface area contributed by atoms with E-state index in [9.17, 15) is 27.9 Å². The van der Waals surface area contributed by atoms with Gasteiger partial charge in [-0.15, -0.1) is 0 Å². The number of rotatable bonds is 6. The molecule has 0 bridgehead atoms. The molecule has 0 aromatic heterocycles. The largest absolute Gasteiger partial charge is 0.478 e. The molecule has 0 atom stereocenters. The molecule has 0 saturated carbocycles. The predicted octanol–water partition coefficient (Wildman–Crippen LogP) is 8.47. The van der Waals surface area contributed by atoms with Crippen molar-refractivity contribution in [3.63, 3.8) is 0 Å². The lowest BCUT2D eigenvalue weighted by Gasteiger charge is -2.17. The second kappa shape index (κ2) is 10.9. The van der Waals surface area contributed by atoms with E-state index in [0.717, 1.165) is 11.6 Å². The van der Waals surface area contributed by atoms with Gasteiger partial charge in [-0.25, -0.2) is 9.59 Å². The normalized spacial score (nSPS) is 11.1. The molecule has 4 aromatic rings. The van der Waals surface area contributed by atoms with Crippen molar-refractivity contribution in [1.29, 1.82) is 0 Å². The van der Waals surface area contributed by atoms with E-state index in [1.807, 2.05) is 13.0 Å². The number of ether oxygens (including phenoxy) is 1. The van der Waals surface area contributed by atoms with Crippen LogP contribution in [0.25, 0.3) is 11.1 Å². The quantitative estimate of drug-likeness (QED) is 0.229. The Labute approximate surface area is 220 Å². The lowest BCUT2D eigenvalue weighted by Crippen LogP contribution is -2.20. The lowest BCUT2D eigenvalue weighted by molar-refractivity contribution is -0.138. The van der Waals surface area contributed by atoms with Gasteiger partial charge in [-0.1, -0.05) is 48.0 Å². The number of hydrogen-bond acceptors (Lipinski definition) is 3. The van der Waals surface area contributed by atoms with Crippen LogP contribution in [-0.4, -0.2) is 17.1 Å². The highest BCUT2D eigenvalue weighted by molar-refractivity contribution is 6.33. The predicted molar refractivity (Wildman–Crippen MR) is 139 cm³/mol. The minimum atomic E-state index is -4.66. The van der Waals surface area contributed by atoms with E-state index >= 15 is 0 Å². The Morgan fingerprint density at radius 1 is 0.842 bits per heavy atom. The van der Waals surface area contributed by atoms with Gasteiger partial charge in [0.15, 0.2) is 5.75 Å². The summed E-state index contributed by atoms with van der Waals surface area (Å²) in [5, 5.41) is 14.5. The van der Waals surface area contributed by atoms with Crippen LogP contribution in [0.3, 0.4) is 0 Å². The molecule has 194 valence electrons. The molecule has 0 spiro atoms. The van der Waals surface area contributed by atoms with Crippen molar-refractivity contribution >= 4 is 35.0 Å². The number of benzene rings is 4. The minimum absolute atomic E-state index is 0.00105. The molecule has 3 N–H and O–H groups in total. The Morgan fingerprint density at radius 3 is 2.24 bits per heavy atom. The topological polar surface area (TPSA) is 87.7 Å². The molecule has 0 saturated heterocycles. The SMILES string of the molecule is Cc1cccc(NC(=O)Nc2cc(-c3ccc(C(=O)O)c(Cl)c3)ccc2Oc2ccccc2C(F)(F)F)c1. The van der Waals surface area contributed by atoms with Crippen LogP contribution in [0.4, 0.5) is 29.3 Å². The number of urea groups is 1. The van der Waals surface area contributed by atoms with Gasteiger partial charge in [0.2, 0.25) is 0 Å². The van der Waals surface area contributed by atoms with E-state index in [1.165, 1.54) is 48.5 Å². The van der Waals surface area contributed by atoms with E-state index in [0.29, 0.717) is 16.8 Å². The summed E-state index contributed by atoms with van der Waals surface area (Å²) in [5.41, 5.74) is 1.46. The first-order chi connectivity index (χ1) is 18.0. The first-order valence-electron chi connectivity index (χ1n) is 11.2. The molecule has 0 heterocycles. The van der Waals surface area contributed by atoms with E-state index in [-0.39, 0.29) is 22.0 Å². The lowest BCUT2D eigenvalue weighted by atomic mass is 10.0. The summed E-state index contributed by atoms with van der Waals surface area (Å²) in [4.78, 5) is 24.1. The highest BCUT2D eigenvalue weighted by Crippen LogP contribution is 2.41. The third kappa shape index (κ3) is 6.24. The average Bonchev–Trinajstić information content (AvgIpc) is 2.84. The van der Waals surface area contributed by atoms with Gasteiger partial charge >= 0.3 is 18.2 Å². The number of carbonyl (C=O) groups is 2. The zero-order valence-corrected chi connectivity index (χ0v) is 20.5. The number of aryl methyl sites for hydroxylation is 1. The van der Waals surface area contributed by atoms with Crippen LogP contribution < -0.4 is 15.4 Å². The highest BCUT2D eigenvalue weighted by atomic mass is 35.5. The number of para-hydroxylation sites is 1. The number of nitrogens with one attached hydrogen (secondary N) is 2. The van der Waals surface area contributed by atoms with Crippen LogP contribution in [0, 0.1) is 6.92 Å². The summed E-state index contributed by atoms with van der Waals surface area (Å²) in [7, 11) is 0. The summed E-state index contributed by atoms with van der Waals surface area (Å²) in [6.07, 6.45) is -4.66. The highest BCUT2D eigenvalue weighted by Gasteiger charge is 2.34. The Bertz CT molecular complexity index is 1520. The molecule has 0 radical (unpaired) electrons. The Hall–Kier alpha value is -4.50. The number of amides is 2. The second-order valence-corrected chi connectivity index (χ2v) is 8.66. The number of carbonyl (C=O) groups excluding carboxylic acids is 1. The minimum Gasteiger partial charge on any atom is -0.478 e. The van der Waals surface area contributed by atoms with Gasteiger partial charge in [-0.05, 0) is 72.1 Å². The van der Waals surface area contributed by atoms with Gasteiger partial charge in [0.1, 0.15) is 5.75 Å². The third-order valence-corrected chi connectivity index (χ3v) is 5.76. The third-order valence-electron chi connectivity index (χ3n) is 5.45. The molecule has 38 heavy (non-hydrogen) atoms. The Kier molecular flexibility index (Phi) is 7.59. The zero-order chi connectivity index (χ0) is 27.4. The summed E-state index contributed by atoms with van der Waals surface area (Å²) in [5.74, 6) is -1.68. The van der Waals surface area contributed by atoms with Crippen molar-refractivity contribution in [2.45, 2.75) is 13.1 Å². The fourth-order valence-electron chi connectivity index (χ4n) is 3.68. The van der Waals surface area contributed by atoms with E-state index in [1.54, 1.807) is 24.3 Å². The number of aromatic carboxylic acids is 1. The van der Waals surface area contributed by atoms with Gasteiger partial charge in [-0.3, -0.25) is 0 Å². The number of halogens is 4. The molecule has 0 fully saturated rings. The maximum atomic E-state index is 13.5. The van der Waals surface area contributed by atoms with E-state index < -0.39 is 29.5 Å². The van der Waals surface area contributed by atoms with E-state index in [2.05, 4.69) is 10.6 Å². The first-order valence-corrected chi connectivity index (χ1v) is 11.5. The van der Waals surface area contributed by atoms with Crippen LogP contribution in [0.5, 0.6) is 11.5 Å². The molecule has 0 aliphatic heterocycles. The molecular formula is C28H20ClF3N2O4. The standard InChI is InChI=1S/C28H20ClF3N2O4/c1-16-5-4-6-19(13-16)33-27(37)34-23-15-18(17-9-11-20(26(35)36)22(29)14-17)10-12-25(23)38-24-8-3-2-7-21(24)28(30,31)32/h2-15H,1H3,(H,35,36)(H2,33,34,37). The number of carboxylic acids is 1. The Morgan fingerprint density at radius 2 is 1.55 bits per heavy atom. The van der Waals surface area contributed by atoms with Crippen LogP contribution in [0.1, 0.15) is 21.5 Å². The summed E-state index contributed by atoms with van der Waals surface area (Å²) < 4.78 is 46.2. The average molecular weight is 541 g/mol. The van der Waals surface area contributed by atoms with Crippen molar-refractivity contribution in [3.05, 3.63) is 107 Å². The molecule has 4 rings (SSSR count). The fourth-order valence-corrected chi connectivity index (χ4v) is 3.94. The molecule has 0 unspecified atom stereocenters. The maximum absolute atomic E-state index is 13.5. The second-order valence-electron chi connectivity index (χ2n) is 8.26. The Balaban J connectivity index is 1.72. The number of anilines is 2. The van der Waals surface area contributed by atoms with Gasteiger partial charge in [0.25, 0.3) is 0 Å². The number of alkyl halides is 3. The van der Waals surface area contributed by atoms with Crippen LogP contribution >= 0.6 is 11.6 Å². The van der Waals surface area contributed by atoms with Crippen LogP contribution in [0.15, 0.2) is 84.9 Å². The molecular weight excluding hydrogens is 521 g/mol. The molecule has 4 aromatic carbocycles. The number of hydrogen-bond donors (Lipinski definition) is 3. The van der Waals surface area contributed by atoms with Crippen molar-refractivity contribution in [3.8, 4) is 22.6 Å². The zero-order valence-electron chi connectivity index (χ0n) is 19.8.